The SMILES string of the molecule is CC(C)[C@H](NC(=O)[C@H](Cc1ccc(O)cc1)NC(=O)[C@@H](N)CCCN=C(N)N)C(=O)O. The predicted octanol–water partition coefficient (Wildman–Crippen LogP) is -0.974. The summed E-state index contributed by atoms with van der Waals surface area (Å²) in [5.41, 5.74) is 17.1. The minimum Gasteiger partial charge on any atom is -0.508 e. The average molecular weight is 437 g/mol. The number of nitrogens with zero attached hydrogens (tertiary/aromatic N) is 1. The number of aliphatic carboxylic acids is 1. The summed E-state index contributed by atoms with van der Waals surface area (Å²) in [4.78, 5) is 40.6. The van der Waals surface area contributed by atoms with E-state index in [1.165, 1.54) is 12.1 Å². The molecule has 11 nitrogen and oxygen atoms in total. The molecule has 0 heterocycles. The van der Waals surface area contributed by atoms with E-state index in [4.69, 9.17) is 17.2 Å². The van der Waals surface area contributed by atoms with Crippen molar-refractivity contribution in [3.63, 3.8) is 0 Å². The van der Waals surface area contributed by atoms with E-state index in [1.807, 2.05) is 0 Å². The summed E-state index contributed by atoms with van der Waals surface area (Å²) in [5.74, 6) is -2.72. The first kappa shape index (κ1) is 25.7. The number of hydrogen-bond donors (Lipinski definition) is 7. The van der Waals surface area contributed by atoms with Gasteiger partial charge in [0.25, 0.3) is 0 Å². The standard InChI is InChI=1S/C20H32N6O5/c1-11(2)16(19(30)31)26-18(29)15(10-12-5-7-13(27)8-6-12)25-17(28)14(21)4-3-9-24-20(22)23/h5-8,11,14-16,27H,3-4,9-10,21H2,1-2H3,(H,25,28)(H,26,29)(H,30,31)(H4,22,23,24)/t14-,15-,16-/m0/s1. The topological polar surface area (TPSA) is 206 Å². The number of guanidine groups is 1. The third-order valence-electron chi connectivity index (χ3n) is 4.54. The Morgan fingerprint density at radius 1 is 1.06 bits per heavy atom. The van der Waals surface area contributed by atoms with Gasteiger partial charge in [0.05, 0.1) is 6.04 Å². The normalized spacial score (nSPS) is 13.7. The Kier molecular flexibility index (Phi) is 10.3. The van der Waals surface area contributed by atoms with Crippen LogP contribution in [0.3, 0.4) is 0 Å². The molecular formula is C20H32N6O5. The highest BCUT2D eigenvalue weighted by Crippen LogP contribution is 2.12. The van der Waals surface area contributed by atoms with Gasteiger partial charge in [-0.25, -0.2) is 4.79 Å². The summed E-state index contributed by atoms with van der Waals surface area (Å²) in [5, 5.41) is 23.9. The molecule has 3 atom stereocenters. The highest BCUT2D eigenvalue weighted by Gasteiger charge is 2.29. The van der Waals surface area contributed by atoms with Gasteiger partial charge in [0.2, 0.25) is 11.8 Å². The molecule has 0 aromatic heterocycles. The lowest BCUT2D eigenvalue weighted by atomic mass is 10.0. The Morgan fingerprint density at radius 3 is 2.19 bits per heavy atom. The fraction of sp³-hybridized carbons (Fsp3) is 0.500. The summed E-state index contributed by atoms with van der Waals surface area (Å²) < 4.78 is 0. The number of nitrogens with two attached hydrogens (primary N) is 3. The third kappa shape index (κ3) is 9.34. The van der Waals surface area contributed by atoms with Gasteiger partial charge in [-0.2, -0.15) is 0 Å². The Bertz CT molecular complexity index is 777. The zero-order chi connectivity index (χ0) is 23.6. The number of carboxylic acid groups (broad SMARTS) is 1. The first-order valence-electron chi connectivity index (χ1n) is 9.93. The Balaban J connectivity index is 2.89. The number of phenolic OH excluding ortho intramolecular Hbond substituents is 1. The maximum atomic E-state index is 12.8. The Hall–Kier alpha value is -3.34. The zero-order valence-corrected chi connectivity index (χ0v) is 17.7. The van der Waals surface area contributed by atoms with Gasteiger partial charge in [0.1, 0.15) is 17.8 Å². The van der Waals surface area contributed by atoms with Crippen molar-refractivity contribution >= 4 is 23.7 Å². The number of carboxylic acids is 1. The van der Waals surface area contributed by atoms with Crippen molar-refractivity contribution in [2.45, 2.75) is 51.2 Å². The van der Waals surface area contributed by atoms with E-state index in [0.29, 0.717) is 24.9 Å². The van der Waals surface area contributed by atoms with Crippen LogP contribution in [0, 0.1) is 5.92 Å². The van der Waals surface area contributed by atoms with E-state index in [-0.39, 0.29) is 24.0 Å². The first-order valence-corrected chi connectivity index (χ1v) is 9.93. The van der Waals surface area contributed by atoms with E-state index in [0.717, 1.165) is 0 Å². The molecule has 0 unspecified atom stereocenters. The van der Waals surface area contributed by atoms with Crippen LogP contribution in [0.1, 0.15) is 32.3 Å². The molecule has 0 radical (unpaired) electrons. The second-order valence-corrected chi connectivity index (χ2v) is 7.56. The van der Waals surface area contributed by atoms with Crippen molar-refractivity contribution in [2.24, 2.45) is 28.1 Å². The summed E-state index contributed by atoms with van der Waals surface area (Å²) >= 11 is 0. The van der Waals surface area contributed by atoms with Gasteiger partial charge in [-0.1, -0.05) is 26.0 Å². The molecule has 1 aromatic rings. The van der Waals surface area contributed by atoms with E-state index in [1.54, 1.807) is 26.0 Å². The summed E-state index contributed by atoms with van der Waals surface area (Å²) in [7, 11) is 0. The molecule has 172 valence electrons. The number of phenols is 1. The molecule has 1 aromatic carbocycles. The van der Waals surface area contributed by atoms with Crippen molar-refractivity contribution < 1.29 is 24.6 Å². The Morgan fingerprint density at radius 2 is 1.68 bits per heavy atom. The maximum Gasteiger partial charge on any atom is 0.326 e. The van der Waals surface area contributed by atoms with Gasteiger partial charge < -0.3 is 38.0 Å². The highest BCUT2D eigenvalue weighted by molar-refractivity contribution is 5.92. The van der Waals surface area contributed by atoms with Crippen LogP contribution >= 0.6 is 0 Å². The molecule has 0 aliphatic carbocycles. The molecule has 2 amide bonds. The zero-order valence-electron chi connectivity index (χ0n) is 17.7. The lowest BCUT2D eigenvalue weighted by Gasteiger charge is -2.24. The van der Waals surface area contributed by atoms with Crippen LogP contribution in [-0.4, -0.2) is 58.6 Å². The van der Waals surface area contributed by atoms with E-state index < -0.39 is 35.9 Å². The second-order valence-electron chi connectivity index (χ2n) is 7.56. The number of carbonyl (C=O) groups excluding carboxylic acids is 2. The molecule has 11 heteroatoms. The van der Waals surface area contributed by atoms with Crippen LogP contribution in [0.15, 0.2) is 29.3 Å². The van der Waals surface area contributed by atoms with E-state index >= 15 is 0 Å². The smallest absolute Gasteiger partial charge is 0.326 e. The Labute approximate surface area is 181 Å². The molecule has 31 heavy (non-hydrogen) atoms. The van der Waals surface area contributed by atoms with E-state index in [2.05, 4.69) is 15.6 Å². The lowest BCUT2D eigenvalue weighted by Crippen LogP contribution is -2.56. The van der Waals surface area contributed by atoms with Crippen molar-refractivity contribution in [1.82, 2.24) is 10.6 Å². The van der Waals surface area contributed by atoms with Crippen LogP contribution in [0.25, 0.3) is 0 Å². The van der Waals surface area contributed by atoms with E-state index in [9.17, 15) is 24.6 Å². The number of nitrogens with one attached hydrogen (secondary N) is 2. The molecular weight excluding hydrogens is 404 g/mol. The van der Waals surface area contributed by atoms with Gasteiger partial charge in [-0.3, -0.25) is 14.6 Å². The molecule has 1 rings (SSSR count). The number of aliphatic imine (C=N–C) groups is 1. The summed E-state index contributed by atoms with van der Waals surface area (Å²) in [6, 6.07) is 3.05. The fourth-order valence-electron chi connectivity index (χ4n) is 2.77. The molecule has 0 aliphatic rings. The van der Waals surface area contributed by atoms with Crippen molar-refractivity contribution in [3.8, 4) is 5.75 Å². The van der Waals surface area contributed by atoms with Crippen LogP contribution in [0.2, 0.25) is 0 Å². The molecule has 0 spiro atoms. The minimum atomic E-state index is -1.17. The van der Waals surface area contributed by atoms with Crippen LogP contribution in [0.4, 0.5) is 0 Å². The second kappa shape index (κ2) is 12.4. The number of benzene rings is 1. The van der Waals surface area contributed by atoms with Gasteiger partial charge in [-0.15, -0.1) is 0 Å². The van der Waals surface area contributed by atoms with Gasteiger partial charge in [0, 0.05) is 13.0 Å². The number of carbonyl (C=O) groups is 3. The maximum absolute atomic E-state index is 12.8. The van der Waals surface area contributed by atoms with Crippen LogP contribution in [0.5, 0.6) is 5.75 Å². The summed E-state index contributed by atoms with van der Waals surface area (Å²) in [6.07, 6.45) is 0.846. The lowest BCUT2D eigenvalue weighted by molar-refractivity contribution is -0.143. The molecule has 0 saturated carbocycles. The van der Waals surface area contributed by atoms with Crippen molar-refractivity contribution in [2.75, 3.05) is 6.54 Å². The number of amides is 2. The number of aromatic hydroxyl groups is 1. The summed E-state index contributed by atoms with van der Waals surface area (Å²) in [6.45, 7) is 3.65. The average Bonchev–Trinajstić information content (AvgIpc) is 2.69. The van der Waals surface area contributed by atoms with Gasteiger partial charge >= 0.3 is 5.97 Å². The van der Waals surface area contributed by atoms with Gasteiger partial charge in [-0.05, 0) is 36.5 Å². The number of rotatable bonds is 12. The fourth-order valence-corrected chi connectivity index (χ4v) is 2.77. The quantitative estimate of drug-likeness (QED) is 0.123. The van der Waals surface area contributed by atoms with Crippen LogP contribution < -0.4 is 27.8 Å². The highest BCUT2D eigenvalue weighted by atomic mass is 16.4. The largest absolute Gasteiger partial charge is 0.508 e. The van der Waals surface area contributed by atoms with Crippen LogP contribution in [-0.2, 0) is 20.8 Å². The molecule has 0 aliphatic heterocycles. The molecule has 10 N–H and O–H groups in total. The molecule has 0 saturated heterocycles. The minimum absolute atomic E-state index is 0.0539. The van der Waals surface area contributed by atoms with Crippen molar-refractivity contribution in [3.05, 3.63) is 29.8 Å². The number of hydrogen-bond acceptors (Lipinski definition) is 6. The van der Waals surface area contributed by atoms with Gasteiger partial charge in [0.15, 0.2) is 5.96 Å². The van der Waals surface area contributed by atoms with Crippen molar-refractivity contribution in [1.29, 1.82) is 0 Å². The predicted molar refractivity (Wildman–Crippen MR) is 116 cm³/mol. The monoisotopic (exact) mass is 436 g/mol. The third-order valence-corrected chi connectivity index (χ3v) is 4.54. The molecule has 0 fully saturated rings. The molecule has 0 bridgehead atoms. The first-order chi connectivity index (χ1) is 14.5.